The van der Waals surface area contributed by atoms with Gasteiger partial charge in [-0.2, -0.15) is 0 Å². The van der Waals surface area contributed by atoms with Crippen molar-refractivity contribution in [3.63, 3.8) is 0 Å². The van der Waals surface area contributed by atoms with Crippen molar-refractivity contribution in [2.45, 2.75) is 31.7 Å². The molecule has 3 nitrogen and oxygen atoms in total. The lowest BCUT2D eigenvalue weighted by Crippen LogP contribution is -2.41. The molecule has 0 aromatic carbocycles. The predicted molar refractivity (Wildman–Crippen MR) is 46.5 cm³/mol. The molecule has 1 saturated carbocycles. The Morgan fingerprint density at radius 1 is 1.42 bits per heavy atom. The van der Waals surface area contributed by atoms with E-state index in [1.54, 1.807) is 0 Å². The number of primary amides is 1. The summed E-state index contributed by atoms with van der Waals surface area (Å²) in [6.45, 7) is 2.18. The van der Waals surface area contributed by atoms with Crippen molar-refractivity contribution >= 4 is 5.91 Å². The van der Waals surface area contributed by atoms with Crippen LogP contribution in [0.3, 0.4) is 0 Å². The first-order valence-corrected chi connectivity index (χ1v) is 4.81. The Labute approximate surface area is 72.9 Å². The summed E-state index contributed by atoms with van der Waals surface area (Å²) in [4.78, 5) is 13.3. The number of nitrogens with two attached hydrogens (primary N) is 1. The summed E-state index contributed by atoms with van der Waals surface area (Å²) in [6.07, 6.45) is 4.81. The minimum Gasteiger partial charge on any atom is -0.368 e. The van der Waals surface area contributed by atoms with E-state index in [1.165, 1.54) is 12.8 Å². The van der Waals surface area contributed by atoms with E-state index in [9.17, 15) is 4.79 Å². The molecule has 0 radical (unpaired) electrons. The fraction of sp³-hybridized carbons (Fsp3) is 0.889. The summed E-state index contributed by atoms with van der Waals surface area (Å²) in [6, 6.07) is 0.0469. The van der Waals surface area contributed by atoms with E-state index < -0.39 is 0 Å². The van der Waals surface area contributed by atoms with Gasteiger partial charge in [-0.1, -0.05) is 0 Å². The second-order valence-electron chi connectivity index (χ2n) is 4.00. The maximum absolute atomic E-state index is 11.0. The molecule has 3 heteroatoms. The highest BCUT2D eigenvalue weighted by molar-refractivity contribution is 5.80. The average molecular weight is 168 g/mol. The van der Waals surface area contributed by atoms with E-state index in [1.807, 2.05) is 0 Å². The van der Waals surface area contributed by atoms with Gasteiger partial charge in [0.2, 0.25) is 5.91 Å². The molecule has 2 aliphatic rings. The quantitative estimate of drug-likeness (QED) is 0.660. The number of nitrogens with zero attached hydrogens (tertiary/aromatic N) is 1. The van der Waals surface area contributed by atoms with Crippen LogP contribution in [-0.4, -0.2) is 29.9 Å². The molecule has 0 aromatic rings. The summed E-state index contributed by atoms with van der Waals surface area (Å²) in [7, 11) is 0. The van der Waals surface area contributed by atoms with Gasteiger partial charge in [0.25, 0.3) is 0 Å². The summed E-state index contributed by atoms with van der Waals surface area (Å²) in [5, 5.41) is 0. The number of hydrogen-bond acceptors (Lipinski definition) is 2. The molecule has 12 heavy (non-hydrogen) atoms. The van der Waals surface area contributed by atoms with Crippen LogP contribution in [0.1, 0.15) is 25.7 Å². The van der Waals surface area contributed by atoms with E-state index >= 15 is 0 Å². The topological polar surface area (TPSA) is 46.3 Å². The number of carbonyl (C=O) groups excluding carboxylic acids is 1. The Balaban J connectivity index is 1.88. The van der Waals surface area contributed by atoms with Crippen molar-refractivity contribution in [3.05, 3.63) is 0 Å². The molecule has 2 fully saturated rings. The first-order valence-electron chi connectivity index (χ1n) is 4.81. The number of rotatable bonds is 3. The normalized spacial score (nSPS) is 30.8. The van der Waals surface area contributed by atoms with Crippen LogP contribution < -0.4 is 5.73 Å². The zero-order valence-corrected chi connectivity index (χ0v) is 7.33. The molecule has 1 aliphatic carbocycles. The molecule has 0 spiro atoms. The zero-order chi connectivity index (χ0) is 8.55. The number of likely N-dealkylation sites (tertiary alicyclic amines) is 1. The van der Waals surface area contributed by atoms with Crippen LogP contribution in [0.5, 0.6) is 0 Å². The standard InChI is InChI=1S/C9H16N2O/c10-9(12)8-2-1-5-11(8)6-7-3-4-7/h7-8H,1-6H2,(H2,10,12)/t8-/m1/s1. The van der Waals surface area contributed by atoms with Gasteiger partial charge in [0.15, 0.2) is 0 Å². The summed E-state index contributed by atoms with van der Waals surface area (Å²) >= 11 is 0. The van der Waals surface area contributed by atoms with Crippen LogP contribution in [-0.2, 0) is 4.79 Å². The Kier molecular flexibility index (Phi) is 2.05. The van der Waals surface area contributed by atoms with Gasteiger partial charge < -0.3 is 5.73 Å². The van der Waals surface area contributed by atoms with Gasteiger partial charge in [0, 0.05) is 6.54 Å². The molecule has 1 saturated heterocycles. The monoisotopic (exact) mass is 168 g/mol. The van der Waals surface area contributed by atoms with Crippen molar-refractivity contribution in [1.29, 1.82) is 0 Å². The smallest absolute Gasteiger partial charge is 0.234 e. The van der Waals surface area contributed by atoms with Crippen molar-refractivity contribution in [1.82, 2.24) is 4.90 Å². The second-order valence-corrected chi connectivity index (χ2v) is 4.00. The highest BCUT2D eigenvalue weighted by Gasteiger charge is 2.33. The highest BCUT2D eigenvalue weighted by Crippen LogP contribution is 2.32. The Bertz CT molecular complexity index is 189. The first kappa shape index (κ1) is 8.05. The largest absolute Gasteiger partial charge is 0.368 e. The van der Waals surface area contributed by atoms with Gasteiger partial charge in [-0.25, -0.2) is 0 Å². The summed E-state index contributed by atoms with van der Waals surface area (Å²) in [5.41, 5.74) is 5.30. The van der Waals surface area contributed by atoms with E-state index in [-0.39, 0.29) is 11.9 Å². The lowest BCUT2D eigenvalue weighted by atomic mass is 10.2. The van der Waals surface area contributed by atoms with Gasteiger partial charge >= 0.3 is 0 Å². The molecule has 1 amide bonds. The second kappa shape index (κ2) is 3.05. The van der Waals surface area contributed by atoms with Gasteiger partial charge in [-0.15, -0.1) is 0 Å². The summed E-state index contributed by atoms with van der Waals surface area (Å²) in [5.74, 6) is 0.734. The molecule has 0 aromatic heterocycles. The lowest BCUT2D eigenvalue weighted by Gasteiger charge is -2.21. The third-order valence-corrected chi connectivity index (χ3v) is 2.88. The molecule has 1 aliphatic heterocycles. The maximum atomic E-state index is 11.0. The highest BCUT2D eigenvalue weighted by atomic mass is 16.1. The van der Waals surface area contributed by atoms with Gasteiger partial charge in [0.05, 0.1) is 6.04 Å². The molecule has 0 bridgehead atoms. The lowest BCUT2D eigenvalue weighted by molar-refractivity contribution is -0.122. The third-order valence-electron chi connectivity index (χ3n) is 2.88. The Morgan fingerprint density at radius 3 is 2.75 bits per heavy atom. The molecule has 1 atom stereocenters. The molecule has 0 unspecified atom stereocenters. The van der Waals surface area contributed by atoms with Crippen LogP contribution >= 0.6 is 0 Å². The molecule has 68 valence electrons. The minimum atomic E-state index is -0.131. The van der Waals surface area contributed by atoms with Crippen LogP contribution in [0.15, 0.2) is 0 Å². The third kappa shape index (κ3) is 1.61. The zero-order valence-electron chi connectivity index (χ0n) is 7.33. The fourth-order valence-corrected chi connectivity index (χ4v) is 2.00. The Morgan fingerprint density at radius 2 is 2.17 bits per heavy atom. The first-order chi connectivity index (χ1) is 5.77. The molecular weight excluding hydrogens is 152 g/mol. The van der Waals surface area contributed by atoms with Gasteiger partial charge in [0.1, 0.15) is 0 Å². The van der Waals surface area contributed by atoms with Crippen LogP contribution in [0.4, 0.5) is 0 Å². The van der Waals surface area contributed by atoms with Crippen molar-refractivity contribution < 1.29 is 4.79 Å². The van der Waals surface area contributed by atoms with E-state index in [4.69, 9.17) is 5.73 Å². The Hall–Kier alpha value is -0.570. The van der Waals surface area contributed by atoms with E-state index in [2.05, 4.69) is 4.90 Å². The molecular formula is C9H16N2O. The van der Waals surface area contributed by atoms with Crippen LogP contribution in [0, 0.1) is 5.92 Å². The van der Waals surface area contributed by atoms with Crippen molar-refractivity contribution in [2.75, 3.05) is 13.1 Å². The van der Waals surface area contributed by atoms with Gasteiger partial charge in [-0.3, -0.25) is 9.69 Å². The number of amides is 1. The van der Waals surface area contributed by atoms with Crippen LogP contribution in [0.2, 0.25) is 0 Å². The van der Waals surface area contributed by atoms with Crippen molar-refractivity contribution in [2.24, 2.45) is 11.7 Å². The number of carbonyl (C=O) groups is 1. The average Bonchev–Trinajstić information content (AvgIpc) is 2.66. The number of hydrogen-bond donors (Lipinski definition) is 1. The SMILES string of the molecule is NC(=O)[C@H]1CCCN1CC1CC1. The van der Waals surface area contributed by atoms with Crippen LogP contribution in [0.25, 0.3) is 0 Å². The maximum Gasteiger partial charge on any atom is 0.234 e. The van der Waals surface area contributed by atoms with Crippen molar-refractivity contribution in [3.8, 4) is 0 Å². The van der Waals surface area contributed by atoms with E-state index in [0.717, 1.165) is 31.8 Å². The fourth-order valence-electron chi connectivity index (χ4n) is 2.00. The minimum absolute atomic E-state index is 0.0469. The molecule has 2 N–H and O–H groups in total. The molecule has 2 rings (SSSR count). The molecule has 1 heterocycles. The van der Waals surface area contributed by atoms with E-state index in [0.29, 0.717) is 0 Å². The van der Waals surface area contributed by atoms with Gasteiger partial charge in [-0.05, 0) is 38.1 Å². The summed E-state index contributed by atoms with van der Waals surface area (Å²) < 4.78 is 0. The predicted octanol–water partition coefficient (Wildman–Crippen LogP) is 0.346.